The quantitative estimate of drug-likeness (QED) is 0.0553. The first-order valence-electron chi connectivity index (χ1n) is 25.3. The highest BCUT2D eigenvalue weighted by molar-refractivity contribution is 8.13. The lowest BCUT2D eigenvalue weighted by atomic mass is 9.44. The van der Waals surface area contributed by atoms with Gasteiger partial charge in [-0.2, -0.15) is 4.31 Å². The molecule has 25 nitrogen and oxygen atoms in total. The van der Waals surface area contributed by atoms with Crippen molar-refractivity contribution in [1.29, 1.82) is 0 Å². The van der Waals surface area contributed by atoms with E-state index in [-0.39, 0.29) is 47.7 Å². The fourth-order valence-corrected chi connectivity index (χ4v) is 16.6. The van der Waals surface area contributed by atoms with Crippen LogP contribution in [0.3, 0.4) is 0 Å². The number of nitrogen functional groups attached to an aromatic ring is 1. The highest BCUT2D eigenvalue weighted by Crippen LogP contribution is 2.68. The van der Waals surface area contributed by atoms with E-state index in [1.54, 1.807) is 0 Å². The lowest BCUT2D eigenvalue weighted by Crippen LogP contribution is -2.54. The fourth-order valence-electron chi connectivity index (χ4n) is 13.1. The lowest BCUT2D eigenvalue weighted by Gasteiger charge is -2.61. The molecule has 418 valence electrons. The van der Waals surface area contributed by atoms with Crippen LogP contribution in [0, 0.1) is 51.8 Å². The van der Waals surface area contributed by atoms with Gasteiger partial charge in [0.05, 0.1) is 25.6 Å². The van der Waals surface area contributed by atoms with Gasteiger partial charge in [0.2, 0.25) is 11.8 Å². The van der Waals surface area contributed by atoms with Gasteiger partial charge in [-0.05, 0) is 111 Å². The van der Waals surface area contributed by atoms with Gasteiger partial charge < -0.3 is 56.0 Å². The topological polar surface area (TPSA) is 384 Å². The Morgan fingerprint density at radius 3 is 2.36 bits per heavy atom. The van der Waals surface area contributed by atoms with E-state index in [0.717, 1.165) is 60.7 Å². The molecule has 29 heteroatoms. The molecule has 11 N–H and O–H groups in total. The number of aliphatic hydroxyl groups is 3. The number of carbonyl (C=O) groups is 3. The minimum absolute atomic E-state index is 0.0326. The van der Waals surface area contributed by atoms with Gasteiger partial charge >= 0.3 is 23.5 Å². The largest absolute Gasteiger partial charge is 0.481 e. The molecule has 16 unspecified atom stereocenters. The van der Waals surface area contributed by atoms with Crippen LogP contribution in [0.15, 0.2) is 12.7 Å². The molecule has 7 rings (SSSR count). The van der Waals surface area contributed by atoms with E-state index in [4.69, 9.17) is 19.5 Å². The average molecular weight is 1130 g/mol. The summed E-state index contributed by atoms with van der Waals surface area (Å²) in [5.74, 6) is 2.85. The highest BCUT2D eigenvalue weighted by atomic mass is 32.2. The molecule has 2 aromatic heterocycles. The number of amides is 2. The molecule has 0 spiro atoms. The van der Waals surface area contributed by atoms with Gasteiger partial charge in [-0.1, -0.05) is 46.4 Å². The van der Waals surface area contributed by atoms with Crippen LogP contribution in [0.2, 0.25) is 0 Å². The third-order valence-electron chi connectivity index (χ3n) is 17.0. The molecule has 0 radical (unpaired) electrons. The minimum Gasteiger partial charge on any atom is -0.393 e. The number of rotatable bonds is 23. The first-order chi connectivity index (χ1) is 34.5. The summed E-state index contributed by atoms with van der Waals surface area (Å²) >= 11 is 1.18. The molecule has 0 aromatic carbocycles. The number of nitrogens with one attached hydrogen (secondary N) is 2. The van der Waals surface area contributed by atoms with E-state index in [2.05, 4.69) is 55.2 Å². The number of anilines is 1. The number of fused-ring (bicyclic) bond motifs is 6. The minimum atomic E-state index is -5.59. The first-order valence-corrected chi connectivity index (χ1v) is 30.8. The van der Waals surface area contributed by atoms with Gasteiger partial charge in [-0.3, -0.25) is 32.5 Å². The van der Waals surface area contributed by atoms with Crippen LogP contribution in [0.25, 0.3) is 11.2 Å². The van der Waals surface area contributed by atoms with Crippen molar-refractivity contribution >= 4 is 69.1 Å². The molecule has 5 fully saturated rings. The molecule has 2 aromatic rings. The van der Waals surface area contributed by atoms with Crippen LogP contribution in [-0.4, -0.2) is 134 Å². The second-order valence-electron chi connectivity index (χ2n) is 22.1. The van der Waals surface area contributed by atoms with Crippen LogP contribution >= 0.6 is 35.2 Å². The lowest BCUT2D eigenvalue weighted by molar-refractivity contribution is -0.137. The van der Waals surface area contributed by atoms with Crippen LogP contribution in [0.4, 0.5) is 5.82 Å². The van der Waals surface area contributed by atoms with Crippen LogP contribution in [0.5, 0.6) is 0 Å². The number of thioether (sulfide) groups is 1. The number of aromatic nitrogens is 4. The zero-order valence-corrected chi connectivity index (χ0v) is 45.8. The van der Waals surface area contributed by atoms with E-state index in [1.807, 2.05) is 0 Å². The first kappa shape index (κ1) is 59.2. The van der Waals surface area contributed by atoms with Gasteiger partial charge in [-0.25, -0.2) is 28.6 Å². The fraction of sp³-hybridized carbons (Fsp3) is 0.822. The van der Waals surface area contributed by atoms with E-state index in [0.29, 0.717) is 40.8 Å². The zero-order valence-electron chi connectivity index (χ0n) is 42.3. The zero-order chi connectivity index (χ0) is 54.2. The van der Waals surface area contributed by atoms with Gasteiger partial charge in [0.15, 0.2) is 22.8 Å². The molecule has 74 heavy (non-hydrogen) atoms. The van der Waals surface area contributed by atoms with Crippen molar-refractivity contribution in [3.8, 4) is 0 Å². The summed E-state index contributed by atoms with van der Waals surface area (Å²) in [5, 5.41) is 37.3. The van der Waals surface area contributed by atoms with Crippen molar-refractivity contribution in [2.45, 2.75) is 148 Å². The predicted octanol–water partition coefficient (Wildman–Crippen LogP) is 4.10. The Hall–Kier alpha value is -2.48. The van der Waals surface area contributed by atoms with Crippen LogP contribution < -0.4 is 16.4 Å². The van der Waals surface area contributed by atoms with Crippen molar-refractivity contribution in [2.75, 3.05) is 37.8 Å². The smallest absolute Gasteiger partial charge is 0.393 e. The molecule has 1 saturated heterocycles. The van der Waals surface area contributed by atoms with Crippen molar-refractivity contribution in [3.05, 3.63) is 12.7 Å². The number of nitrogens with two attached hydrogens (primary N) is 1. The predicted molar refractivity (Wildman–Crippen MR) is 267 cm³/mol. The second-order valence-corrected chi connectivity index (χ2v) is 27.5. The normalized spacial score (nSPS) is 33.6. The number of hydrogen-bond acceptors (Lipinski definition) is 19. The molecule has 1 aliphatic heterocycles. The van der Waals surface area contributed by atoms with Gasteiger partial charge in [0.25, 0.3) is 0 Å². The number of nitrogens with zero attached hydrogens (tertiary/aromatic N) is 4. The summed E-state index contributed by atoms with van der Waals surface area (Å²) in [6.07, 6.45) is 4.77. The summed E-state index contributed by atoms with van der Waals surface area (Å²) in [6, 6.07) is 0. The maximum Gasteiger partial charge on any atom is 0.481 e. The summed E-state index contributed by atoms with van der Waals surface area (Å²) in [6.45, 7) is 7.92. The number of aliphatic hydroxyl groups excluding tert-OH is 3. The third-order valence-corrected chi connectivity index (χ3v) is 21.0. The van der Waals surface area contributed by atoms with Gasteiger partial charge in [0, 0.05) is 37.1 Å². The Morgan fingerprint density at radius 1 is 0.932 bits per heavy atom. The molecule has 2 amide bonds. The van der Waals surface area contributed by atoms with Gasteiger partial charge in [0.1, 0.15) is 36.3 Å². The van der Waals surface area contributed by atoms with E-state index in [9.17, 15) is 63.0 Å². The van der Waals surface area contributed by atoms with E-state index < -0.39 is 84.6 Å². The van der Waals surface area contributed by atoms with Crippen molar-refractivity contribution in [2.24, 2.45) is 51.8 Å². The summed E-state index contributed by atoms with van der Waals surface area (Å²) < 4.78 is 62.8. The molecule has 0 bridgehead atoms. The van der Waals surface area contributed by atoms with Crippen molar-refractivity contribution < 1.29 is 85.6 Å². The summed E-state index contributed by atoms with van der Waals surface area (Å²) in [4.78, 5) is 89.7. The Labute approximate surface area is 434 Å². The Bertz CT molecular complexity index is 2490. The number of imidazole rings is 1. The summed E-state index contributed by atoms with van der Waals surface area (Å²) in [5.41, 5.74) is 4.93. The molecular formula is C45H74N7O18P3S. The molecule has 4 saturated carbocycles. The number of phosphoric acid groups is 3. The maximum atomic E-state index is 12.9. The average Bonchev–Trinajstić information content (AvgIpc) is 4.00. The van der Waals surface area contributed by atoms with E-state index in [1.165, 1.54) is 64.1 Å². The Morgan fingerprint density at radius 2 is 1.64 bits per heavy atom. The van der Waals surface area contributed by atoms with Crippen molar-refractivity contribution in [1.82, 2.24) is 30.2 Å². The number of ether oxygens (including phenoxy) is 1. The maximum absolute atomic E-state index is 12.9. The number of hydrogen-bond donors (Lipinski definition) is 10. The van der Waals surface area contributed by atoms with E-state index >= 15 is 0 Å². The van der Waals surface area contributed by atoms with Gasteiger partial charge in [-0.15, -0.1) is 0 Å². The Kier molecular flexibility index (Phi) is 18.8. The third kappa shape index (κ3) is 13.7. The molecule has 16 atom stereocenters. The van der Waals surface area contributed by atoms with Crippen molar-refractivity contribution in [3.63, 3.8) is 0 Å². The summed E-state index contributed by atoms with van der Waals surface area (Å²) in [7, 11) is -16.4. The molecule has 4 aliphatic carbocycles. The number of carbonyl (C=O) groups excluding carboxylic acids is 3. The second kappa shape index (κ2) is 23.5. The number of phosphoric ester groups is 3. The monoisotopic (exact) mass is 1130 g/mol. The highest BCUT2D eigenvalue weighted by Gasteiger charge is 2.61. The Balaban J connectivity index is 0.774. The molecular weight excluding hydrogens is 1050 g/mol. The van der Waals surface area contributed by atoms with Crippen LogP contribution in [0.1, 0.15) is 118 Å². The standard InChI is InChI=1S/C45H74N7O18P3S/c1-25(29-9-10-30-28-8-7-26-20-27(53)12-15-44(26,4)31(28)13-16-45(29,30)5)6-11-34(55)74-19-18-47-33(54)14-17-48-41(58)38(57)43(2,3)22-67-73(64,65)70-72(62,63)66-21-32-37(69-71(59,60)61)36(56)42(68-32)52-24-51-35-39(46)49-23-50-40(35)52/h23-32,36-38,42,53,56-57H,6-22H2,1-5H3,(H,47,54)(H,48,58)(H,62,63)(H,64,65)(H2,46,49,50)(H2,59,60,61). The van der Waals surface area contributed by atoms with Crippen LogP contribution in [-0.2, 0) is 50.7 Å². The molecule has 3 heterocycles. The molecule has 5 aliphatic rings. The SMILES string of the molecule is CC(CCC(=O)SCCNC(=O)CCNC(=O)C(O)C(C)(C)COP(=O)(O)OP(=O)(O)OCC1OC(n2cnc3c(N)ncnc32)C(O)C1OP(=O)(O)O)C1CCC2C3CCC4CC(O)CCC4(C)C3CCC12C.